The molecule has 0 radical (unpaired) electrons. The Morgan fingerprint density at radius 3 is 2.22 bits per heavy atom. The lowest BCUT2D eigenvalue weighted by atomic mass is 10.1. The van der Waals surface area contributed by atoms with Crippen LogP contribution in [-0.4, -0.2) is 25.1 Å². The molecule has 0 fully saturated rings. The van der Waals surface area contributed by atoms with E-state index >= 15 is 0 Å². The minimum Gasteiger partial charge on any atom is -0.492 e. The first-order valence-corrected chi connectivity index (χ1v) is 7.23. The van der Waals surface area contributed by atoms with Crippen molar-refractivity contribution in [1.29, 1.82) is 0 Å². The van der Waals surface area contributed by atoms with Gasteiger partial charge in [-0.25, -0.2) is 4.79 Å². The Morgan fingerprint density at radius 1 is 1.00 bits per heavy atom. The molecule has 6 nitrogen and oxygen atoms in total. The summed E-state index contributed by atoms with van der Waals surface area (Å²) in [4.78, 5) is 23.0. The van der Waals surface area contributed by atoms with Crippen LogP contribution in [-0.2, 0) is 4.79 Å². The highest BCUT2D eigenvalue weighted by molar-refractivity contribution is 5.96. The van der Waals surface area contributed by atoms with E-state index in [2.05, 4.69) is 10.6 Å². The van der Waals surface area contributed by atoms with Crippen molar-refractivity contribution in [2.75, 3.05) is 13.2 Å². The van der Waals surface area contributed by atoms with Crippen LogP contribution in [0.4, 0.5) is 4.79 Å². The van der Waals surface area contributed by atoms with Crippen molar-refractivity contribution >= 4 is 11.9 Å². The third-order valence-electron chi connectivity index (χ3n) is 3.10. The van der Waals surface area contributed by atoms with Gasteiger partial charge in [0.05, 0.1) is 0 Å². The average Bonchev–Trinajstić information content (AvgIpc) is 2.56. The number of nitrogens with two attached hydrogens (primary N) is 1. The highest BCUT2D eigenvalue weighted by atomic mass is 16.5. The summed E-state index contributed by atoms with van der Waals surface area (Å²) in [7, 11) is 0. The van der Waals surface area contributed by atoms with Gasteiger partial charge in [0.25, 0.3) is 0 Å². The number of primary amides is 1. The second-order valence-corrected chi connectivity index (χ2v) is 4.81. The first kappa shape index (κ1) is 16.5. The van der Waals surface area contributed by atoms with E-state index in [9.17, 15) is 9.59 Å². The first-order chi connectivity index (χ1) is 11.2. The number of imide groups is 1. The summed E-state index contributed by atoms with van der Waals surface area (Å²) in [6.07, 6.45) is 0. The number of benzene rings is 2. The van der Waals surface area contributed by atoms with Crippen molar-refractivity contribution in [2.24, 2.45) is 5.73 Å². The highest BCUT2D eigenvalue weighted by Crippen LogP contribution is 2.13. The Hall–Kier alpha value is -2.86. The summed E-state index contributed by atoms with van der Waals surface area (Å²) in [5, 5.41) is 5.16. The highest BCUT2D eigenvalue weighted by Gasteiger charge is 2.20. The fourth-order valence-corrected chi connectivity index (χ4v) is 2.09. The quantitative estimate of drug-likeness (QED) is 0.677. The van der Waals surface area contributed by atoms with Crippen LogP contribution in [0.2, 0.25) is 0 Å². The number of nitrogens with one attached hydrogen (secondary N) is 2. The molecule has 2 aromatic rings. The minimum atomic E-state index is -0.877. The van der Waals surface area contributed by atoms with Crippen LogP contribution in [0.15, 0.2) is 60.7 Å². The lowest BCUT2D eigenvalue weighted by Gasteiger charge is -2.18. The molecule has 3 amide bonds. The smallest absolute Gasteiger partial charge is 0.318 e. The summed E-state index contributed by atoms with van der Waals surface area (Å²) in [5.41, 5.74) is 5.76. The van der Waals surface area contributed by atoms with E-state index in [1.807, 2.05) is 48.5 Å². The van der Waals surface area contributed by atoms with Crippen LogP contribution in [0.1, 0.15) is 11.6 Å². The number of hydrogen-bond donors (Lipinski definition) is 3. The molecule has 6 heteroatoms. The first-order valence-electron chi connectivity index (χ1n) is 7.23. The van der Waals surface area contributed by atoms with Crippen molar-refractivity contribution in [3.8, 4) is 5.75 Å². The molecular formula is C17H19N3O3. The van der Waals surface area contributed by atoms with Crippen molar-refractivity contribution in [3.63, 3.8) is 0 Å². The maximum absolute atomic E-state index is 12.1. The monoisotopic (exact) mass is 313 g/mol. The number of urea groups is 1. The number of carbonyl (C=O) groups excluding carboxylic acids is 2. The van der Waals surface area contributed by atoms with E-state index in [4.69, 9.17) is 10.5 Å². The molecule has 0 saturated carbocycles. The Morgan fingerprint density at radius 2 is 1.61 bits per heavy atom. The fourth-order valence-electron chi connectivity index (χ4n) is 2.09. The molecular weight excluding hydrogens is 294 g/mol. The Bertz CT molecular complexity index is 632. The molecule has 23 heavy (non-hydrogen) atoms. The number of rotatable bonds is 7. The van der Waals surface area contributed by atoms with Crippen LogP contribution in [0.5, 0.6) is 5.75 Å². The van der Waals surface area contributed by atoms with E-state index < -0.39 is 18.0 Å². The van der Waals surface area contributed by atoms with E-state index in [-0.39, 0.29) is 0 Å². The van der Waals surface area contributed by atoms with E-state index in [1.165, 1.54) is 0 Å². The maximum Gasteiger partial charge on any atom is 0.318 e. The van der Waals surface area contributed by atoms with Gasteiger partial charge in [-0.1, -0.05) is 48.5 Å². The number of ether oxygens (including phenoxy) is 1. The van der Waals surface area contributed by atoms with Gasteiger partial charge < -0.3 is 10.5 Å². The fraction of sp³-hybridized carbons (Fsp3) is 0.176. The Labute approximate surface area is 134 Å². The summed E-state index contributed by atoms with van der Waals surface area (Å²) in [5.74, 6) is 0.260. The molecule has 2 aromatic carbocycles. The minimum absolute atomic E-state index is 0.386. The van der Waals surface area contributed by atoms with Gasteiger partial charge >= 0.3 is 6.03 Å². The molecule has 4 N–H and O–H groups in total. The molecule has 2 rings (SSSR count). The molecule has 0 aliphatic heterocycles. The van der Waals surface area contributed by atoms with Gasteiger partial charge in [0, 0.05) is 6.54 Å². The molecule has 0 bridgehead atoms. The largest absolute Gasteiger partial charge is 0.492 e. The molecule has 0 aliphatic carbocycles. The topological polar surface area (TPSA) is 93.5 Å². The second-order valence-electron chi connectivity index (χ2n) is 4.81. The van der Waals surface area contributed by atoms with Crippen LogP contribution in [0.25, 0.3) is 0 Å². The van der Waals surface area contributed by atoms with Crippen LogP contribution < -0.4 is 21.1 Å². The van der Waals surface area contributed by atoms with Gasteiger partial charge in [-0.3, -0.25) is 15.4 Å². The van der Waals surface area contributed by atoms with Crippen LogP contribution >= 0.6 is 0 Å². The summed E-state index contributed by atoms with van der Waals surface area (Å²) < 4.78 is 5.57. The maximum atomic E-state index is 12.1. The standard InChI is InChI=1S/C17H19N3O3/c18-17(22)20-16(21)15(13-7-3-1-4-8-13)19-11-12-23-14-9-5-2-6-10-14/h1-10,15,19H,11-12H2,(H3,18,20,21,22)/t15-/m0/s1. The van der Waals surface area contributed by atoms with Crippen molar-refractivity contribution < 1.29 is 14.3 Å². The van der Waals surface area contributed by atoms with Gasteiger partial charge in [-0.15, -0.1) is 0 Å². The third-order valence-corrected chi connectivity index (χ3v) is 3.10. The average molecular weight is 313 g/mol. The lowest BCUT2D eigenvalue weighted by molar-refractivity contribution is -0.122. The Balaban J connectivity index is 1.92. The number of para-hydroxylation sites is 1. The van der Waals surface area contributed by atoms with Crippen LogP contribution in [0.3, 0.4) is 0 Å². The molecule has 0 saturated heterocycles. The normalized spacial score (nSPS) is 11.5. The van der Waals surface area contributed by atoms with E-state index in [0.717, 1.165) is 11.3 Å². The summed E-state index contributed by atoms with van der Waals surface area (Å²) >= 11 is 0. The zero-order valence-corrected chi connectivity index (χ0v) is 12.6. The molecule has 0 aromatic heterocycles. The number of amides is 3. The number of carbonyl (C=O) groups is 2. The Kier molecular flexibility index (Phi) is 6.14. The van der Waals surface area contributed by atoms with Gasteiger partial charge in [-0.2, -0.15) is 0 Å². The second kappa shape index (κ2) is 8.55. The SMILES string of the molecule is NC(=O)NC(=O)[C@@H](NCCOc1ccccc1)c1ccccc1. The molecule has 0 heterocycles. The van der Waals surface area contributed by atoms with Crippen molar-refractivity contribution in [2.45, 2.75) is 6.04 Å². The zero-order chi connectivity index (χ0) is 16.5. The van der Waals surface area contributed by atoms with E-state index in [0.29, 0.717) is 13.2 Å². The molecule has 120 valence electrons. The van der Waals surface area contributed by atoms with Gasteiger partial charge in [0.2, 0.25) is 5.91 Å². The molecule has 0 aliphatic rings. The van der Waals surface area contributed by atoms with E-state index in [1.54, 1.807) is 12.1 Å². The third kappa shape index (κ3) is 5.44. The van der Waals surface area contributed by atoms with Gasteiger partial charge in [0.1, 0.15) is 18.4 Å². The lowest BCUT2D eigenvalue weighted by Crippen LogP contribution is -2.43. The molecule has 0 unspecified atom stereocenters. The van der Waals surface area contributed by atoms with Gasteiger partial charge in [0.15, 0.2) is 0 Å². The predicted molar refractivity (Wildman–Crippen MR) is 86.8 cm³/mol. The summed E-state index contributed by atoms with van der Waals surface area (Å²) in [6, 6.07) is 16.9. The summed E-state index contributed by atoms with van der Waals surface area (Å²) in [6.45, 7) is 0.817. The molecule has 1 atom stereocenters. The number of hydrogen-bond acceptors (Lipinski definition) is 4. The predicted octanol–water partition coefficient (Wildman–Crippen LogP) is 1.59. The van der Waals surface area contributed by atoms with Crippen molar-refractivity contribution in [3.05, 3.63) is 66.2 Å². The zero-order valence-electron chi connectivity index (χ0n) is 12.6. The van der Waals surface area contributed by atoms with Crippen LogP contribution in [0, 0.1) is 0 Å². The van der Waals surface area contributed by atoms with Crippen molar-refractivity contribution in [1.82, 2.24) is 10.6 Å². The van der Waals surface area contributed by atoms with Gasteiger partial charge in [-0.05, 0) is 17.7 Å². The molecule has 0 spiro atoms.